The van der Waals surface area contributed by atoms with Gasteiger partial charge < -0.3 is 0 Å². The molecule has 2 rings (SSSR count). The minimum atomic E-state index is -1.14. The van der Waals surface area contributed by atoms with Crippen LogP contribution in [0.5, 0.6) is 0 Å². The summed E-state index contributed by atoms with van der Waals surface area (Å²) in [5.74, 6) is 0.908. The first-order valence-electron chi connectivity index (χ1n) is 12.5. The smallest absolute Gasteiger partial charge is 0.0374 e. The van der Waals surface area contributed by atoms with Crippen LogP contribution in [-0.2, 0) is 0 Å². The topological polar surface area (TPSA) is 0 Å². The van der Waals surface area contributed by atoms with Crippen LogP contribution in [-0.4, -0.2) is 29.4 Å². The van der Waals surface area contributed by atoms with Crippen molar-refractivity contribution in [3.8, 4) is 0 Å². The molecule has 0 N–H and O–H groups in total. The third kappa shape index (κ3) is 4.92. The standard InChI is InChI=1S/C25H52Si4/c1-22(2)21-24-23-17-13-15-19-25(23,24)18-14-12-16-20-29(26(3,4)5,27(6,7)8)28(9,10)11/h23H,12-20H2,1-11H3/t23-,25-/m1/s1. The number of fused-ring (bicyclic) bond motifs is 1. The average Bonchev–Trinajstić information content (AvgIpc) is 3.13. The Labute approximate surface area is 187 Å². The SMILES string of the molecule is CC(C)=C=C1[C@H]2CCCC[C@@]12CCCCC[Si]([Si](C)(C)C)([Si](C)(C)C)[Si](C)(C)C. The van der Waals surface area contributed by atoms with Gasteiger partial charge in [0.15, 0.2) is 0 Å². The van der Waals surface area contributed by atoms with Crippen molar-refractivity contribution in [2.45, 2.75) is 130 Å². The van der Waals surface area contributed by atoms with Crippen LogP contribution in [0.25, 0.3) is 0 Å². The summed E-state index contributed by atoms with van der Waals surface area (Å²) >= 11 is 0. The highest BCUT2D eigenvalue weighted by atomic mass is 29.9. The quantitative estimate of drug-likeness (QED) is 0.181. The zero-order chi connectivity index (χ0) is 22.3. The summed E-state index contributed by atoms with van der Waals surface area (Å²) in [5, 5.41) is 0. The first kappa shape index (κ1) is 25.6. The highest BCUT2D eigenvalue weighted by molar-refractivity contribution is 7.89. The Kier molecular flexibility index (Phi) is 7.72. The summed E-state index contributed by atoms with van der Waals surface area (Å²) in [4.78, 5) is 0. The van der Waals surface area contributed by atoms with Crippen molar-refractivity contribution < 1.29 is 0 Å². The molecule has 0 aromatic heterocycles. The molecule has 0 bridgehead atoms. The van der Waals surface area contributed by atoms with E-state index in [-0.39, 0.29) is 0 Å². The largest absolute Gasteiger partial charge is 0.122 e. The Hall–Kier alpha value is 0.388. The van der Waals surface area contributed by atoms with Gasteiger partial charge in [-0.05, 0) is 50.2 Å². The molecule has 0 saturated heterocycles. The maximum atomic E-state index is 3.78. The summed E-state index contributed by atoms with van der Waals surface area (Å²) in [7, 11) is -3.27. The van der Waals surface area contributed by atoms with Gasteiger partial charge in [0, 0.05) is 34.8 Å². The zero-order valence-electron chi connectivity index (χ0n) is 21.9. The second-order valence-electron chi connectivity index (χ2n) is 13.7. The van der Waals surface area contributed by atoms with Crippen LogP contribution in [0.1, 0.15) is 65.2 Å². The molecule has 2 atom stereocenters. The predicted octanol–water partition coefficient (Wildman–Crippen LogP) is 8.93. The van der Waals surface area contributed by atoms with E-state index >= 15 is 0 Å². The van der Waals surface area contributed by atoms with Gasteiger partial charge in [-0.3, -0.25) is 0 Å². The van der Waals surface area contributed by atoms with Crippen LogP contribution in [0, 0.1) is 11.3 Å². The van der Waals surface area contributed by atoms with Gasteiger partial charge in [0.25, 0.3) is 0 Å². The van der Waals surface area contributed by atoms with Gasteiger partial charge in [0.1, 0.15) is 0 Å². The van der Waals surface area contributed by atoms with Crippen LogP contribution in [0.4, 0.5) is 0 Å². The lowest BCUT2D eigenvalue weighted by Crippen LogP contribution is -2.82. The van der Waals surface area contributed by atoms with E-state index in [1.807, 2.05) is 0 Å². The van der Waals surface area contributed by atoms with Gasteiger partial charge in [-0.1, -0.05) is 97.1 Å². The second-order valence-corrected chi connectivity index (χ2v) is 55.2. The van der Waals surface area contributed by atoms with Crippen molar-refractivity contribution in [2.24, 2.45) is 11.3 Å². The monoisotopic (exact) mass is 464 g/mol. The number of hydrogen-bond acceptors (Lipinski definition) is 0. The Morgan fingerprint density at radius 1 is 0.828 bits per heavy atom. The molecular weight excluding hydrogens is 413 g/mol. The molecule has 0 aromatic rings. The molecule has 0 heterocycles. The van der Waals surface area contributed by atoms with Crippen LogP contribution in [0.3, 0.4) is 0 Å². The molecule has 2 saturated carbocycles. The normalized spacial score (nSPS) is 25.5. The predicted molar refractivity (Wildman–Crippen MR) is 145 cm³/mol. The van der Waals surface area contributed by atoms with Gasteiger partial charge >= 0.3 is 0 Å². The first-order valence-corrected chi connectivity index (χ1v) is 28.3. The fourth-order valence-electron chi connectivity index (χ4n) is 8.44. The molecule has 0 radical (unpaired) electrons. The molecular formula is C25H52Si4. The number of rotatable bonds is 9. The molecule has 0 spiro atoms. The maximum Gasteiger partial charge on any atom is 0.0374 e. The maximum absolute atomic E-state index is 3.78. The van der Waals surface area contributed by atoms with Crippen LogP contribution in [0.2, 0.25) is 65.0 Å². The van der Waals surface area contributed by atoms with E-state index in [0.717, 1.165) is 5.92 Å². The molecule has 0 nitrogen and oxygen atoms in total. The third-order valence-electron chi connectivity index (χ3n) is 8.73. The van der Waals surface area contributed by atoms with Crippen molar-refractivity contribution in [3.05, 3.63) is 16.9 Å². The third-order valence-corrected chi connectivity index (χ3v) is 83.3. The van der Waals surface area contributed by atoms with E-state index in [1.165, 1.54) is 56.9 Å². The number of hydrogen-bond donors (Lipinski definition) is 0. The van der Waals surface area contributed by atoms with Crippen LogP contribution < -0.4 is 0 Å². The van der Waals surface area contributed by atoms with Crippen molar-refractivity contribution >= 4 is 29.4 Å². The lowest BCUT2D eigenvalue weighted by Gasteiger charge is -2.58. The van der Waals surface area contributed by atoms with E-state index in [2.05, 4.69) is 78.5 Å². The summed E-state index contributed by atoms with van der Waals surface area (Å²) < 4.78 is 0. The summed E-state index contributed by atoms with van der Waals surface area (Å²) in [6, 6.07) is 1.67. The van der Waals surface area contributed by atoms with E-state index in [1.54, 1.807) is 11.6 Å². The zero-order valence-corrected chi connectivity index (χ0v) is 25.9. The lowest BCUT2D eigenvalue weighted by molar-refractivity contribution is 0.311. The molecule has 0 unspecified atom stereocenters. The van der Waals surface area contributed by atoms with E-state index in [0.29, 0.717) is 5.41 Å². The Bertz CT molecular complexity index is 610. The summed E-state index contributed by atoms with van der Waals surface area (Å²) in [5.41, 5.74) is 7.50. The van der Waals surface area contributed by atoms with Gasteiger partial charge in [-0.25, -0.2) is 0 Å². The Morgan fingerprint density at radius 3 is 1.86 bits per heavy atom. The Balaban J connectivity index is 2.04. The molecule has 2 fully saturated rings. The lowest BCUT2D eigenvalue weighted by atomic mass is 9.84. The van der Waals surface area contributed by atoms with Crippen molar-refractivity contribution in [3.63, 3.8) is 0 Å². The van der Waals surface area contributed by atoms with Gasteiger partial charge in [-0.15, -0.1) is 5.73 Å². The van der Waals surface area contributed by atoms with Crippen LogP contribution >= 0.6 is 0 Å². The van der Waals surface area contributed by atoms with Crippen molar-refractivity contribution in [1.29, 1.82) is 0 Å². The molecule has 168 valence electrons. The second kappa shape index (κ2) is 8.73. The summed E-state index contributed by atoms with van der Waals surface area (Å²) in [6.07, 6.45) is 11.8. The minimum Gasteiger partial charge on any atom is -0.122 e. The Morgan fingerprint density at radius 2 is 1.38 bits per heavy atom. The molecule has 0 aromatic carbocycles. The molecule has 4 heteroatoms. The number of allylic oxidation sites excluding steroid dienone is 1. The molecule has 2 aliphatic rings. The summed E-state index contributed by atoms with van der Waals surface area (Å²) in [6.45, 7) is 28.1. The fraction of sp³-hybridized carbons (Fsp3) is 0.880. The number of unbranched alkanes of at least 4 members (excludes halogenated alkanes) is 2. The highest BCUT2D eigenvalue weighted by Crippen LogP contribution is 2.68. The first-order chi connectivity index (χ1) is 13.1. The molecule has 2 aliphatic carbocycles. The molecule has 29 heavy (non-hydrogen) atoms. The molecule has 0 amide bonds. The van der Waals surface area contributed by atoms with E-state index in [4.69, 9.17) is 0 Å². The van der Waals surface area contributed by atoms with Crippen molar-refractivity contribution in [1.82, 2.24) is 0 Å². The van der Waals surface area contributed by atoms with E-state index < -0.39 is 29.4 Å². The fourth-order valence-corrected chi connectivity index (χ4v) is 108. The van der Waals surface area contributed by atoms with Gasteiger partial charge in [0.05, 0.1) is 0 Å². The van der Waals surface area contributed by atoms with Gasteiger partial charge in [-0.2, -0.15) is 0 Å². The minimum absolute atomic E-state index is 0.598. The van der Waals surface area contributed by atoms with Crippen molar-refractivity contribution in [2.75, 3.05) is 0 Å². The van der Waals surface area contributed by atoms with Gasteiger partial charge in [0.2, 0.25) is 0 Å². The van der Waals surface area contributed by atoms with Crippen LogP contribution in [0.15, 0.2) is 16.9 Å². The van der Waals surface area contributed by atoms with E-state index in [9.17, 15) is 0 Å². The molecule has 0 aliphatic heterocycles. The highest BCUT2D eigenvalue weighted by Gasteiger charge is 2.61. The average molecular weight is 465 g/mol.